The Labute approximate surface area is 140 Å². The van der Waals surface area contributed by atoms with Crippen molar-refractivity contribution in [3.05, 3.63) is 64.7 Å². The van der Waals surface area contributed by atoms with E-state index in [2.05, 4.69) is 11.2 Å². The first-order valence-corrected chi connectivity index (χ1v) is 7.50. The topological polar surface area (TPSA) is 47.9 Å². The maximum atomic E-state index is 11.6. The van der Waals surface area contributed by atoms with E-state index in [1.807, 2.05) is 38.1 Å². The first kappa shape index (κ1) is 17.0. The normalized spacial score (nSPS) is 11.2. The molecular formula is C18H18ClNO3. The summed E-state index contributed by atoms with van der Waals surface area (Å²) in [5, 5.41) is 3.04. The molecule has 2 aromatic carbocycles. The predicted octanol–water partition coefficient (Wildman–Crippen LogP) is 4.00. The Morgan fingerprint density at radius 2 is 1.91 bits per heavy atom. The van der Waals surface area contributed by atoms with Crippen LogP contribution in [-0.4, -0.2) is 18.1 Å². The number of ether oxygens (including phenoxy) is 1. The molecule has 0 spiro atoms. The van der Waals surface area contributed by atoms with Crippen molar-refractivity contribution in [3.63, 3.8) is 0 Å². The van der Waals surface area contributed by atoms with Gasteiger partial charge < -0.3 is 9.57 Å². The lowest BCUT2D eigenvalue weighted by Gasteiger charge is -2.13. The number of benzene rings is 2. The monoisotopic (exact) mass is 331 g/mol. The molecular weight excluding hydrogens is 314 g/mol. The lowest BCUT2D eigenvalue weighted by atomic mass is 10.0. The minimum atomic E-state index is -0.675. The van der Waals surface area contributed by atoms with E-state index >= 15 is 0 Å². The van der Waals surface area contributed by atoms with Gasteiger partial charge in [-0.25, -0.2) is 0 Å². The number of halogens is 1. The van der Waals surface area contributed by atoms with Crippen molar-refractivity contribution < 1.29 is 14.4 Å². The maximum absolute atomic E-state index is 11.6. The van der Waals surface area contributed by atoms with E-state index < -0.39 is 5.24 Å². The summed E-state index contributed by atoms with van der Waals surface area (Å²) in [5.74, 6) is 0.799. The third-order valence-corrected chi connectivity index (χ3v) is 3.53. The van der Waals surface area contributed by atoms with Gasteiger partial charge in [-0.1, -0.05) is 47.1 Å². The molecule has 0 aliphatic heterocycles. The SMILES string of the molecule is CON=C(C(=O)Cl)c1ccccc1COc1ccc(C)cc1C. The third kappa shape index (κ3) is 4.33. The van der Waals surface area contributed by atoms with Gasteiger partial charge >= 0.3 is 0 Å². The summed E-state index contributed by atoms with van der Waals surface area (Å²) in [6.07, 6.45) is 0. The summed E-state index contributed by atoms with van der Waals surface area (Å²) >= 11 is 5.60. The van der Waals surface area contributed by atoms with E-state index in [1.54, 1.807) is 12.1 Å². The second-order valence-electron chi connectivity index (χ2n) is 5.11. The van der Waals surface area contributed by atoms with Crippen LogP contribution in [0.1, 0.15) is 22.3 Å². The summed E-state index contributed by atoms with van der Waals surface area (Å²) in [6, 6.07) is 13.3. The van der Waals surface area contributed by atoms with Gasteiger partial charge in [-0.15, -0.1) is 0 Å². The molecule has 0 bridgehead atoms. The number of hydrogen-bond acceptors (Lipinski definition) is 4. The van der Waals surface area contributed by atoms with Crippen molar-refractivity contribution in [1.29, 1.82) is 0 Å². The molecule has 0 unspecified atom stereocenters. The molecule has 0 fully saturated rings. The molecule has 0 aliphatic rings. The summed E-state index contributed by atoms with van der Waals surface area (Å²) in [4.78, 5) is 16.3. The molecule has 0 aliphatic carbocycles. The van der Waals surface area contributed by atoms with Gasteiger partial charge in [0.15, 0.2) is 5.71 Å². The molecule has 0 radical (unpaired) electrons. The standard InChI is InChI=1S/C18H18ClNO3/c1-12-8-9-16(13(2)10-12)23-11-14-6-4-5-7-15(14)17(18(19)21)20-22-3/h4-10H,11H2,1-3H3. The lowest BCUT2D eigenvalue weighted by Crippen LogP contribution is -2.14. The van der Waals surface area contributed by atoms with Crippen LogP contribution < -0.4 is 4.74 Å². The molecule has 5 heteroatoms. The van der Waals surface area contributed by atoms with Gasteiger partial charge in [-0.2, -0.15) is 0 Å². The van der Waals surface area contributed by atoms with Crippen LogP contribution in [0, 0.1) is 13.8 Å². The average molecular weight is 332 g/mol. The second kappa shape index (κ2) is 7.79. The Balaban J connectivity index is 2.27. The molecule has 0 heterocycles. The van der Waals surface area contributed by atoms with Gasteiger partial charge in [0.05, 0.1) is 0 Å². The van der Waals surface area contributed by atoms with Gasteiger partial charge in [0.25, 0.3) is 5.24 Å². The first-order valence-electron chi connectivity index (χ1n) is 7.12. The molecule has 0 saturated heterocycles. The van der Waals surface area contributed by atoms with Gasteiger partial charge in [-0.3, -0.25) is 4.79 Å². The Bertz CT molecular complexity index is 741. The van der Waals surface area contributed by atoms with Crippen LogP contribution in [0.3, 0.4) is 0 Å². The number of carbonyl (C=O) groups is 1. The molecule has 0 saturated carbocycles. The average Bonchev–Trinajstić information content (AvgIpc) is 2.52. The van der Waals surface area contributed by atoms with Gasteiger partial charge in [0.2, 0.25) is 0 Å². The minimum absolute atomic E-state index is 0.0639. The molecule has 2 rings (SSSR count). The Hall–Kier alpha value is -2.33. The fourth-order valence-electron chi connectivity index (χ4n) is 2.28. The van der Waals surface area contributed by atoms with Crippen molar-refractivity contribution in [2.75, 3.05) is 7.11 Å². The molecule has 0 atom stereocenters. The van der Waals surface area contributed by atoms with Gasteiger partial charge in [0, 0.05) is 5.56 Å². The summed E-state index contributed by atoms with van der Waals surface area (Å²) in [6.45, 7) is 4.33. The number of oxime groups is 1. The molecule has 120 valence electrons. The summed E-state index contributed by atoms with van der Waals surface area (Å²) in [7, 11) is 1.37. The van der Waals surface area contributed by atoms with E-state index in [4.69, 9.17) is 21.2 Å². The van der Waals surface area contributed by atoms with Crippen molar-refractivity contribution in [3.8, 4) is 5.75 Å². The van der Waals surface area contributed by atoms with Crippen LogP contribution >= 0.6 is 11.6 Å². The largest absolute Gasteiger partial charge is 0.489 e. The zero-order chi connectivity index (χ0) is 16.8. The van der Waals surface area contributed by atoms with E-state index in [0.717, 1.165) is 16.9 Å². The van der Waals surface area contributed by atoms with Crippen LogP contribution in [0.2, 0.25) is 0 Å². The van der Waals surface area contributed by atoms with Crippen LogP contribution in [0.5, 0.6) is 5.75 Å². The molecule has 23 heavy (non-hydrogen) atoms. The molecule has 0 amide bonds. The highest BCUT2D eigenvalue weighted by molar-refractivity contribution is 6.84. The third-order valence-electron chi connectivity index (χ3n) is 3.35. The minimum Gasteiger partial charge on any atom is -0.489 e. The van der Waals surface area contributed by atoms with Crippen molar-refractivity contribution >= 4 is 22.6 Å². The zero-order valence-corrected chi connectivity index (χ0v) is 14.1. The number of nitrogens with zero attached hydrogens (tertiary/aromatic N) is 1. The molecule has 4 nitrogen and oxygen atoms in total. The van der Waals surface area contributed by atoms with Crippen LogP contribution in [-0.2, 0) is 16.2 Å². The summed E-state index contributed by atoms with van der Waals surface area (Å²) < 4.78 is 5.88. The van der Waals surface area contributed by atoms with E-state index in [0.29, 0.717) is 12.2 Å². The number of rotatable bonds is 6. The van der Waals surface area contributed by atoms with Crippen LogP contribution in [0.25, 0.3) is 0 Å². The fraction of sp³-hybridized carbons (Fsp3) is 0.222. The second-order valence-corrected chi connectivity index (χ2v) is 5.45. The summed E-state index contributed by atoms with van der Waals surface area (Å²) in [5.41, 5.74) is 3.70. The highest BCUT2D eigenvalue weighted by atomic mass is 35.5. The van der Waals surface area contributed by atoms with Crippen LogP contribution in [0.15, 0.2) is 47.6 Å². The lowest BCUT2D eigenvalue weighted by molar-refractivity contribution is -0.106. The first-order chi connectivity index (χ1) is 11.0. The fourth-order valence-corrected chi connectivity index (χ4v) is 2.41. The molecule has 2 aromatic rings. The Morgan fingerprint density at radius 3 is 2.57 bits per heavy atom. The van der Waals surface area contributed by atoms with E-state index in [1.165, 1.54) is 12.7 Å². The quantitative estimate of drug-likeness (QED) is 0.456. The zero-order valence-electron chi connectivity index (χ0n) is 13.3. The smallest absolute Gasteiger partial charge is 0.274 e. The Kier molecular flexibility index (Phi) is 5.77. The van der Waals surface area contributed by atoms with E-state index in [-0.39, 0.29) is 5.71 Å². The Morgan fingerprint density at radius 1 is 1.17 bits per heavy atom. The number of hydrogen-bond donors (Lipinski definition) is 0. The van der Waals surface area contributed by atoms with Crippen molar-refractivity contribution in [2.24, 2.45) is 5.16 Å². The molecule has 0 aromatic heterocycles. The molecule has 0 N–H and O–H groups in total. The van der Waals surface area contributed by atoms with E-state index in [9.17, 15) is 4.79 Å². The predicted molar refractivity (Wildman–Crippen MR) is 91.1 cm³/mol. The van der Waals surface area contributed by atoms with Crippen molar-refractivity contribution in [2.45, 2.75) is 20.5 Å². The van der Waals surface area contributed by atoms with Crippen molar-refractivity contribution in [1.82, 2.24) is 0 Å². The van der Waals surface area contributed by atoms with Gasteiger partial charge in [0.1, 0.15) is 19.5 Å². The number of aryl methyl sites for hydroxylation is 2. The highest BCUT2D eigenvalue weighted by Crippen LogP contribution is 2.21. The number of carbonyl (C=O) groups excluding carboxylic acids is 1. The van der Waals surface area contributed by atoms with Crippen LogP contribution in [0.4, 0.5) is 0 Å². The highest BCUT2D eigenvalue weighted by Gasteiger charge is 2.16. The maximum Gasteiger partial charge on any atom is 0.274 e. The van der Waals surface area contributed by atoms with Gasteiger partial charge in [-0.05, 0) is 42.6 Å².